The van der Waals surface area contributed by atoms with Crippen molar-refractivity contribution < 1.29 is 5.11 Å². The van der Waals surface area contributed by atoms with E-state index in [1.165, 1.54) is 0 Å². The number of aliphatic hydroxyl groups is 1. The van der Waals surface area contributed by atoms with Gasteiger partial charge in [0.15, 0.2) is 0 Å². The molecule has 2 nitrogen and oxygen atoms in total. The van der Waals surface area contributed by atoms with Crippen molar-refractivity contribution >= 4 is 15.9 Å². The van der Waals surface area contributed by atoms with Gasteiger partial charge in [-0.25, -0.2) is 0 Å². The van der Waals surface area contributed by atoms with Crippen LogP contribution in [0, 0.1) is 0 Å². The Morgan fingerprint density at radius 2 is 2.25 bits per heavy atom. The summed E-state index contributed by atoms with van der Waals surface area (Å²) >= 11 is 3.44. The van der Waals surface area contributed by atoms with E-state index in [9.17, 15) is 0 Å². The summed E-state index contributed by atoms with van der Waals surface area (Å²) in [7, 11) is 0. The number of rotatable bonds is 0. The van der Waals surface area contributed by atoms with Crippen molar-refractivity contribution in [2.24, 2.45) is 0 Å². The van der Waals surface area contributed by atoms with Crippen molar-refractivity contribution in [1.82, 2.24) is 5.32 Å². The van der Waals surface area contributed by atoms with Crippen molar-refractivity contribution in [2.75, 3.05) is 6.54 Å². The van der Waals surface area contributed by atoms with Crippen molar-refractivity contribution in [3.63, 3.8) is 0 Å². The predicted molar refractivity (Wildman–Crippen MR) is 36.0 cm³/mol. The Morgan fingerprint density at radius 3 is 2.62 bits per heavy atom. The summed E-state index contributed by atoms with van der Waals surface area (Å²) in [6.07, 6.45) is 1.69. The van der Waals surface area contributed by atoms with Crippen LogP contribution in [0.2, 0.25) is 0 Å². The molecule has 1 heterocycles. The molecule has 0 unspecified atom stereocenters. The minimum atomic E-state index is -0.260. The molecular weight excluding hydrogens is 170 g/mol. The minimum absolute atomic E-state index is 0.260. The Morgan fingerprint density at radius 1 is 1.50 bits per heavy atom. The number of nitrogens with one attached hydrogen (secondary N) is 1. The molecule has 0 amide bonds. The van der Waals surface area contributed by atoms with E-state index in [0.717, 1.165) is 19.4 Å². The van der Waals surface area contributed by atoms with Crippen LogP contribution in [0.25, 0.3) is 0 Å². The number of aliphatic hydroxyl groups excluding tert-OH is 1. The first kappa shape index (κ1) is 6.52. The molecule has 1 saturated heterocycles. The second kappa shape index (κ2) is 2.80. The molecule has 0 aliphatic carbocycles. The standard InChI is InChI=1S/C5H10BrNO/c6-4-1-2-5(8)7-3-4/h4-5,7-8H,1-3H2/t4-,5+/m0/s1. The first-order valence-electron chi connectivity index (χ1n) is 2.84. The molecule has 2 N–H and O–H groups in total. The summed E-state index contributed by atoms with van der Waals surface area (Å²) < 4.78 is 0. The first-order chi connectivity index (χ1) is 3.79. The summed E-state index contributed by atoms with van der Waals surface area (Å²) in [4.78, 5) is 0.561. The van der Waals surface area contributed by atoms with Gasteiger partial charge in [0.2, 0.25) is 0 Å². The molecule has 0 aromatic heterocycles. The van der Waals surface area contributed by atoms with Gasteiger partial charge in [0.05, 0.1) is 0 Å². The maximum Gasteiger partial charge on any atom is 0.104 e. The Balaban J connectivity index is 2.19. The van der Waals surface area contributed by atoms with Crippen LogP contribution < -0.4 is 5.32 Å². The molecule has 1 rings (SSSR count). The van der Waals surface area contributed by atoms with E-state index in [1.54, 1.807) is 0 Å². The van der Waals surface area contributed by atoms with Crippen LogP contribution in [0.3, 0.4) is 0 Å². The van der Waals surface area contributed by atoms with E-state index in [2.05, 4.69) is 21.2 Å². The highest BCUT2D eigenvalue weighted by atomic mass is 79.9. The van der Waals surface area contributed by atoms with Gasteiger partial charge in [0.1, 0.15) is 6.23 Å². The molecule has 1 aliphatic heterocycles. The van der Waals surface area contributed by atoms with Crippen LogP contribution >= 0.6 is 15.9 Å². The Bertz CT molecular complexity index is 60.8. The molecule has 48 valence electrons. The van der Waals surface area contributed by atoms with Gasteiger partial charge >= 0.3 is 0 Å². The highest BCUT2D eigenvalue weighted by molar-refractivity contribution is 9.09. The van der Waals surface area contributed by atoms with Crippen LogP contribution in [0.15, 0.2) is 0 Å². The van der Waals surface area contributed by atoms with Gasteiger partial charge in [-0.05, 0) is 12.8 Å². The summed E-state index contributed by atoms with van der Waals surface area (Å²) in [5.41, 5.74) is 0. The zero-order valence-corrected chi connectivity index (χ0v) is 6.19. The van der Waals surface area contributed by atoms with E-state index in [-0.39, 0.29) is 6.23 Å². The average molecular weight is 180 g/mol. The van der Waals surface area contributed by atoms with Gasteiger partial charge in [-0.1, -0.05) is 15.9 Å². The van der Waals surface area contributed by atoms with Gasteiger partial charge in [0.25, 0.3) is 0 Å². The smallest absolute Gasteiger partial charge is 0.104 e. The van der Waals surface area contributed by atoms with E-state index in [0.29, 0.717) is 4.83 Å². The fraction of sp³-hybridized carbons (Fsp3) is 1.00. The van der Waals surface area contributed by atoms with Crippen LogP contribution in [0.1, 0.15) is 12.8 Å². The maximum atomic E-state index is 8.90. The highest BCUT2D eigenvalue weighted by Crippen LogP contribution is 2.12. The minimum Gasteiger partial charge on any atom is -0.379 e. The number of piperidine rings is 1. The van der Waals surface area contributed by atoms with E-state index >= 15 is 0 Å². The summed E-state index contributed by atoms with van der Waals surface area (Å²) in [6, 6.07) is 0. The summed E-state index contributed by atoms with van der Waals surface area (Å²) in [5, 5.41) is 11.8. The molecule has 0 radical (unpaired) electrons. The number of hydrogen-bond acceptors (Lipinski definition) is 2. The maximum absolute atomic E-state index is 8.90. The van der Waals surface area contributed by atoms with E-state index < -0.39 is 0 Å². The third-order valence-electron chi connectivity index (χ3n) is 1.33. The molecule has 1 fully saturated rings. The van der Waals surface area contributed by atoms with Gasteiger partial charge in [0, 0.05) is 11.4 Å². The van der Waals surface area contributed by atoms with Crippen LogP contribution in [-0.2, 0) is 0 Å². The lowest BCUT2D eigenvalue weighted by atomic mass is 10.1. The molecular formula is C5H10BrNO. The van der Waals surface area contributed by atoms with Gasteiger partial charge in [-0.2, -0.15) is 0 Å². The molecule has 1 aliphatic rings. The lowest BCUT2D eigenvalue weighted by Gasteiger charge is -2.22. The summed E-state index contributed by atoms with van der Waals surface area (Å²) in [5.74, 6) is 0. The molecule has 8 heavy (non-hydrogen) atoms. The van der Waals surface area contributed by atoms with Crippen molar-refractivity contribution in [1.29, 1.82) is 0 Å². The van der Waals surface area contributed by atoms with Crippen LogP contribution in [0.4, 0.5) is 0 Å². The van der Waals surface area contributed by atoms with Crippen molar-refractivity contribution in [3.8, 4) is 0 Å². The third kappa shape index (κ3) is 1.73. The number of alkyl halides is 1. The van der Waals surface area contributed by atoms with Gasteiger partial charge in [-0.3, -0.25) is 5.32 Å². The number of halogens is 1. The monoisotopic (exact) mass is 179 g/mol. The topological polar surface area (TPSA) is 32.3 Å². The second-order valence-corrected chi connectivity index (χ2v) is 3.39. The Kier molecular flexibility index (Phi) is 2.28. The molecule has 0 bridgehead atoms. The summed E-state index contributed by atoms with van der Waals surface area (Å²) in [6.45, 7) is 0.890. The Labute approximate surface area is 57.4 Å². The van der Waals surface area contributed by atoms with Crippen molar-refractivity contribution in [2.45, 2.75) is 23.9 Å². The average Bonchev–Trinajstić information content (AvgIpc) is 1.77. The lowest BCUT2D eigenvalue weighted by Crippen LogP contribution is -2.38. The van der Waals surface area contributed by atoms with E-state index in [1.807, 2.05) is 0 Å². The fourth-order valence-electron chi connectivity index (χ4n) is 0.807. The highest BCUT2D eigenvalue weighted by Gasteiger charge is 2.14. The molecule has 0 saturated carbocycles. The largest absolute Gasteiger partial charge is 0.379 e. The zero-order chi connectivity index (χ0) is 5.98. The molecule has 0 aromatic rings. The molecule has 2 atom stereocenters. The van der Waals surface area contributed by atoms with Crippen molar-refractivity contribution in [3.05, 3.63) is 0 Å². The third-order valence-corrected chi connectivity index (χ3v) is 2.11. The fourth-order valence-corrected chi connectivity index (χ4v) is 1.26. The van der Waals surface area contributed by atoms with Gasteiger partial charge < -0.3 is 5.11 Å². The molecule has 0 aromatic carbocycles. The van der Waals surface area contributed by atoms with E-state index in [4.69, 9.17) is 5.11 Å². The SMILES string of the molecule is O[C@@H]1CC[C@H](Br)CN1. The van der Waals surface area contributed by atoms with Gasteiger partial charge in [-0.15, -0.1) is 0 Å². The van der Waals surface area contributed by atoms with Crippen LogP contribution in [0.5, 0.6) is 0 Å². The zero-order valence-electron chi connectivity index (χ0n) is 4.60. The lowest BCUT2D eigenvalue weighted by molar-refractivity contribution is 0.110. The van der Waals surface area contributed by atoms with Crippen LogP contribution in [-0.4, -0.2) is 22.7 Å². The molecule has 0 spiro atoms. The predicted octanol–water partition coefficient (Wildman–Crippen LogP) is 0.452. The quantitative estimate of drug-likeness (QED) is 0.530. The second-order valence-electron chi connectivity index (χ2n) is 2.10. The number of hydrogen-bond donors (Lipinski definition) is 2. The normalized spacial score (nSPS) is 39.8. The Hall–Kier alpha value is 0.400. The molecule has 3 heteroatoms. The first-order valence-corrected chi connectivity index (χ1v) is 3.76.